The van der Waals surface area contributed by atoms with Crippen LogP contribution < -0.4 is 5.32 Å². The van der Waals surface area contributed by atoms with Crippen molar-refractivity contribution in [3.63, 3.8) is 0 Å². The summed E-state index contributed by atoms with van der Waals surface area (Å²) in [4.78, 5) is 12.0. The van der Waals surface area contributed by atoms with Gasteiger partial charge in [0.05, 0.1) is 6.61 Å². The van der Waals surface area contributed by atoms with Gasteiger partial charge in [0.15, 0.2) is 6.04 Å². The molecule has 0 bridgehead atoms. The van der Waals surface area contributed by atoms with Crippen molar-refractivity contribution >= 4 is 11.7 Å². The highest BCUT2D eigenvalue weighted by Crippen LogP contribution is 2.21. The van der Waals surface area contributed by atoms with E-state index < -0.39 is 12.0 Å². The van der Waals surface area contributed by atoms with E-state index in [-0.39, 0.29) is 18.2 Å². The summed E-state index contributed by atoms with van der Waals surface area (Å²) in [5.41, 5.74) is 1.14. The van der Waals surface area contributed by atoms with Crippen molar-refractivity contribution in [1.29, 1.82) is 0 Å². The SMILES string of the molecule is CCOC(=O)C(Nc1ccc(F)cc1)c1ccc(F)cc1. The lowest BCUT2D eigenvalue weighted by Crippen LogP contribution is -2.23. The molecular weight excluding hydrogens is 276 g/mol. The third-order valence-electron chi connectivity index (χ3n) is 2.88. The summed E-state index contributed by atoms with van der Waals surface area (Å²) < 4.78 is 30.9. The number of hydrogen-bond donors (Lipinski definition) is 1. The van der Waals surface area contributed by atoms with E-state index in [0.717, 1.165) is 0 Å². The highest BCUT2D eigenvalue weighted by Gasteiger charge is 2.21. The molecular formula is C16H15F2NO2. The molecule has 0 spiro atoms. The maximum Gasteiger partial charge on any atom is 0.333 e. The van der Waals surface area contributed by atoms with Crippen LogP contribution in [0.2, 0.25) is 0 Å². The van der Waals surface area contributed by atoms with E-state index in [4.69, 9.17) is 4.74 Å². The van der Waals surface area contributed by atoms with Gasteiger partial charge in [-0.2, -0.15) is 0 Å². The molecule has 2 aromatic rings. The molecule has 0 aromatic heterocycles. The second-order valence-electron chi connectivity index (χ2n) is 4.39. The van der Waals surface area contributed by atoms with Crippen molar-refractivity contribution in [1.82, 2.24) is 0 Å². The number of halogens is 2. The van der Waals surface area contributed by atoms with Crippen molar-refractivity contribution in [3.05, 3.63) is 65.7 Å². The minimum absolute atomic E-state index is 0.238. The Kier molecular flexibility index (Phi) is 4.87. The minimum Gasteiger partial charge on any atom is -0.464 e. The van der Waals surface area contributed by atoms with Gasteiger partial charge < -0.3 is 10.1 Å². The zero-order valence-corrected chi connectivity index (χ0v) is 11.5. The van der Waals surface area contributed by atoms with Gasteiger partial charge in [0.25, 0.3) is 0 Å². The molecule has 110 valence electrons. The van der Waals surface area contributed by atoms with Crippen LogP contribution in [-0.2, 0) is 9.53 Å². The Labute approximate surface area is 121 Å². The van der Waals surface area contributed by atoms with Crippen LogP contribution >= 0.6 is 0 Å². The molecule has 0 aliphatic heterocycles. The Bertz CT molecular complexity index is 597. The Hall–Kier alpha value is -2.43. The van der Waals surface area contributed by atoms with Crippen molar-refractivity contribution in [3.8, 4) is 0 Å². The van der Waals surface area contributed by atoms with Crippen LogP contribution in [0.3, 0.4) is 0 Å². The van der Waals surface area contributed by atoms with Crippen molar-refractivity contribution in [2.45, 2.75) is 13.0 Å². The molecule has 2 aromatic carbocycles. The molecule has 0 saturated heterocycles. The van der Waals surface area contributed by atoms with Crippen LogP contribution in [0.1, 0.15) is 18.5 Å². The van der Waals surface area contributed by atoms with E-state index in [1.54, 1.807) is 6.92 Å². The quantitative estimate of drug-likeness (QED) is 0.854. The van der Waals surface area contributed by atoms with Crippen LogP contribution in [0.25, 0.3) is 0 Å². The van der Waals surface area contributed by atoms with Crippen LogP contribution in [-0.4, -0.2) is 12.6 Å². The van der Waals surface area contributed by atoms with Crippen LogP contribution in [0.15, 0.2) is 48.5 Å². The predicted molar refractivity (Wildman–Crippen MR) is 75.8 cm³/mol. The van der Waals surface area contributed by atoms with E-state index >= 15 is 0 Å². The van der Waals surface area contributed by atoms with Gasteiger partial charge in [0, 0.05) is 5.69 Å². The zero-order chi connectivity index (χ0) is 15.2. The fourth-order valence-corrected chi connectivity index (χ4v) is 1.87. The lowest BCUT2D eigenvalue weighted by Gasteiger charge is -2.18. The van der Waals surface area contributed by atoms with Gasteiger partial charge in [-0.05, 0) is 48.9 Å². The molecule has 5 heteroatoms. The average molecular weight is 291 g/mol. The van der Waals surface area contributed by atoms with Crippen LogP contribution in [0.4, 0.5) is 14.5 Å². The number of rotatable bonds is 5. The molecule has 0 aliphatic carbocycles. The fourth-order valence-electron chi connectivity index (χ4n) is 1.87. The van der Waals surface area contributed by atoms with Gasteiger partial charge in [0.2, 0.25) is 0 Å². The molecule has 0 aliphatic rings. The second kappa shape index (κ2) is 6.83. The molecule has 0 saturated carbocycles. The summed E-state index contributed by atoms with van der Waals surface area (Å²) in [5.74, 6) is -1.23. The molecule has 0 heterocycles. The Morgan fingerprint density at radius 1 is 1.05 bits per heavy atom. The number of anilines is 1. The molecule has 21 heavy (non-hydrogen) atoms. The third kappa shape index (κ3) is 4.02. The number of nitrogens with one attached hydrogen (secondary N) is 1. The lowest BCUT2D eigenvalue weighted by molar-refractivity contribution is -0.144. The monoisotopic (exact) mass is 291 g/mol. The molecule has 1 unspecified atom stereocenters. The molecule has 3 nitrogen and oxygen atoms in total. The maximum atomic E-state index is 13.0. The van der Waals surface area contributed by atoms with Crippen molar-refractivity contribution in [2.24, 2.45) is 0 Å². The first-order valence-corrected chi connectivity index (χ1v) is 6.54. The first-order valence-electron chi connectivity index (χ1n) is 6.54. The molecule has 0 amide bonds. The predicted octanol–water partition coefficient (Wildman–Crippen LogP) is 3.68. The number of hydrogen-bond acceptors (Lipinski definition) is 3. The highest BCUT2D eigenvalue weighted by molar-refractivity contribution is 5.81. The van der Waals surface area contributed by atoms with E-state index in [9.17, 15) is 13.6 Å². The molecule has 0 fully saturated rings. The second-order valence-corrected chi connectivity index (χ2v) is 4.39. The first kappa shape index (κ1) is 15.0. The third-order valence-corrected chi connectivity index (χ3v) is 2.88. The Morgan fingerprint density at radius 3 is 2.10 bits per heavy atom. The van der Waals surface area contributed by atoms with Gasteiger partial charge in [-0.15, -0.1) is 0 Å². The number of ether oxygens (including phenoxy) is 1. The van der Waals surface area contributed by atoms with Gasteiger partial charge in [-0.25, -0.2) is 13.6 Å². The molecule has 1 atom stereocenters. The number of carbonyl (C=O) groups excluding carboxylic acids is 1. The van der Waals surface area contributed by atoms with Gasteiger partial charge in [-0.1, -0.05) is 12.1 Å². The lowest BCUT2D eigenvalue weighted by atomic mass is 10.1. The molecule has 2 rings (SSSR count). The summed E-state index contributed by atoms with van der Waals surface area (Å²) >= 11 is 0. The molecule has 0 radical (unpaired) electrons. The van der Waals surface area contributed by atoms with Crippen LogP contribution in [0, 0.1) is 11.6 Å². The average Bonchev–Trinajstić information content (AvgIpc) is 2.48. The maximum absolute atomic E-state index is 13.0. The van der Waals surface area contributed by atoms with Crippen LogP contribution in [0.5, 0.6) is 0 Å². The van der Waals surface area contributed by atoms with Crippen molar-refractivity contribution in [2.75, 3.05) is 11.9 Å². The van der Waals surface area contributed by atoms with E-state index in [1.165, 1.54) is 48.5 Å². The Balaban J connectivity index is 2.25. The normalized spacial score (nSPS) is 11.8. The number of carbonyl (C=O) groups is 1. The summed E-state index contributed by atoms with van der Waals surface area (Å²) in [7, 11) is 0. The number of esters is 1. The minimum atomic E-state index is -0.781. The summed E-state index contributed by atoms with van der Waals surface area (Å²) in [6.07, 6.45) is 0. The zero-order valence-electron chi connectivity index (χ0n) is 11.5. The first-order chi connectivity index (χ1) is 10.1. The topological polar surface area (TPSA) is 38.3 Å². The highest BCUT2D eigenvalue weighted by atomic mass is 19.1. The largest absolute Gasteiger partial charge is 0.464 e. The molecule has 1 N–H and O–H groups in total. The smallest absolute Gasteiger partial charge is 0.333 e. The Morgan fingerprint density at radius 2 is 1.57 bits per heavy atom. The van der Waals surface area contributed by atoms with Gasteiger partial charge in [-0.3, -0.25) is 0 Å². The van der Waals surface area contributed by atoms with Crippen molar-refractivity contribution < 1.29 is 18.3 Å². The fraction of sp³-hybridized carbons (Fsp3) is 0.188. The van der Waals surface area contributed by atoms with E-state index in [1.807, 2.05) is 0 Å². The summed E-state index contributed by atoms with van der Waals surface area (Å²) in [6.45, 7) is 1.94. The van der Waals surface area contributed by atoms with Gasteiger partial charge >= 0.3 is 5.97 Å². The standard InChI is InChI=1S/C16H15F2NO2/c1-2-21-16(20)15(11-3-5-12(17)6-4-11)19-14-9-7-13(18)8-10-14/h3-10,15,19H,2H2,1H3. The van der Waals surface area contributed by atoms with Gasteiger partial charge in [0.1, 0.15) is 11.6 Å². The van der Waals surface area contributed by atoms with E-state index in [0.29, 0.717) is 11.3 Å². The summed E-state index contributed by atoms with van der Waals surface area (Å²) in [6, 6.07) is 10.4. The number of benzene rings is 2. The van der Waals surface area contributed by atoms with E-state index in [2.05, 4.69) is 5.32 Å². The summed E-state index contributed by atoms with van der Waals surface area (Å²) in [5, 5.41) is 2.96.